The molecule has 1 aromatic rings. The third kappa shape index (κ3) is 3.55. The quantitative estimate of drug-likeness (QED) is 0.720. The molecule has 0 bridgehead atoms. The van der Waals surface area contributed by atoms with Crippen LogP contribution in [0.15, 0.2) is 0 Å². The first-order valence-corrected chi connectivity index (χ1v) is 4.86. The number of hydrogen-bond donors (Lipinski definition) is 2. The molecule has 0 amide bonds. The third-order valence-electron chi connectivity index (χ3n) is 1.73. The fraction of sp³-hybridized carbons (Fsp3) is 0.778. The Morgan fingerprint density at radius 2 is 2.23 bits per heavy atom. The SMILES string of the molecule is CCCc1n[nH]c(CNC(C)C)n1. The van der Waals surface area contributed by atoms with Crippen molar-refractivity contribution < 1.29 is 0 Å². The lowest BCUT2D eigenvalue weighted by molar-refractivity contribution is 0.573. The van der Waals surface area contributed by atoms with E-state index in [1.807, 2.05) is 0 Å². The maximum Gasteiger partial charge on any atom is 0.150 e. The van der Waals surface area contributed by atoms with E-state index in [0.29, 0.717) is 6.04 Å². The normalized spacial score (nSPS) is 11.1. The van der Waals surface area contributed by atoms with E-state index in [2.05, 4.69) is 41.3 Å². The van der Waals surface area contributed by atoms with Gasteiger partial charge in [-0.2, -0.15) is 5.10 Å². The lowest BCUT2D eigenvalue weighted by atomic mass is 10.3. The minimum absolute atomic E-state index is 0.486. The van der Waals surface area contributed by atoms with Gasteiger partial charge < -0.3 is 5.32 Å². The average Bonchev–Trinajstić information content (AvgIpc) is 2.50. The van der Waals surface area contributed by atoms with Crippen LogP contribution in [0.2, 0.25) is 0 Å². The average molecular weight is 182 g/mol. The number of aromatic amines is 1. The van der Waals surface area contributed by atoms with E-state index < -0.39 is 0 Å². The van der Waals surface area contributed by atoms with Gasteiger partial charge in [0.05, 0.1) is 6.54 Å². The molecule has 1 heterocycles. The van der Waals surface area contributed by atoms with Crippen molar-refractivity contribution in [2.24, 2.45) is 0 Å². The predicted molar refractivity (Wildman–Crippen MR) is 52.4 cm³/mol. The molecule has 4 heteroatoms. The maximum absolute atomic E-state index is 4.34. The predicted octanol–water partition coefficient (Wildman–Crippen LogP) is 1.26. The van der Waals surface area contributed by atoms with Crippen LogP contribution in [-0.2, 0) is 13.0 Å². The summed E-state index contributed by atoms with van der Waals surface area (Å²) in [5, 5.41) is 10.3. The highest BCUT2D eigenvalue weighted by Crippen LogP contribution is 1.96. The Morgan fingerprint density at radius 1 is 1.46 bits per heavy atom. The van der Waals surface area contributed by atoms with E-state index in [1.165, 1.54) is 0 Å². The zero-order valence-electron chi connectivity index (χ0n) is 8.59. The molecule has 1 rings (SSSR count). The fourth-order valence-electron chi connectivity index (χ4n) is 1.05. The molecule has 0 aliphatic heterocycles. The van der Waals surface area contributed by atoms with E-state index in [9.17, 15) is 0 Å². The van der Waals surface area contributed by atoms with Crippen LogP contribution >= 0.6 is 0 Å². The van der Waals surface area contributed by atoms with Crippen molar-refractivity contribution in [2.75, 3.05) is 0 Å². The van der Waals surface area contributed by atoms with Crippen LogP contribution < -0.4 is 5.32 Å². The highest BCUT2D eigenvalue weighted by atomic mass is 15.2. The van der Waals surface area contributed by atoms with E-state index in [1.54, 1.807) is 0 Å². The first-order chi connectivity index (χ1) is 6.22. The number of nitrogens with one attached hydrogen (secondary N) is 2. The second-order valence-electron chi connectivity index (χ2n) is 3.48. The minimum atomic E-state index is 0.486. The molecule has 0 atom stereocenters. The topological polar surface area (TPSA) is 53.6 Å². The van der Waals surface area contributed by atoms with Gasteiger partial charge in [0, 0.05) is 12.5 Å². The largest absolute Gasteiger partial charge is 0.308 e. The Labute approximate surface area is 79.2 Å². The van der Waals surface area contributed by atoms with Crippen LogP contribution in [0.3, 0.4) is 0 Å². The molecule has 0 aromatic carbocycles. The molecule has 13 heavy (non-hydrogen) atoms. The standard InChI is InChI=1S/C9H18N4/c1-4-5-8-11-9(13-12-8)6-10-7(2)3/h7,10H,4-6H2,1-3H3,(H,11,12,13). The van der Waals surface area contributed by atoms with Crippen molar-refractivity contribution in [1.29, 1.82) is 0 Å². The van der Waals surface area contributed by atoms with E-state index in [-0.39, 0.29) is 0 Å². The van der Waals surface area contributed by atoms with Gasteiger partial charge >= 0.3 is 0 Å². The molecule has 0 radical (unpaired) electrons. The van der Waals surface area contributed by atoms with Gasteiger partial charge in [-0.25, -0.2) is 4.98 Å². The van der Waals surface area contributed by atoms with Gasteiger partial charge in [-0.15, -0.1) is 0 Å². The Bertz CT molecular complexity index is 242. The molecular formula is C9H18N4. The number of aryl methyl sites for hydroxylation is 1. The maximum atomic E-state index is 4.34. The van der Waals surface area contributed by atoms with Crippen molar-refractivity contribution in [1.82, 2.24) is 20.5 Å². The van der Waals surface area contributed by atoms with Crippen molar-refractivity contribution in [3.05, 3.63) is 11.6 Å². The van der Waals surface area contributed by atoms with Crippen LogP contribution in [0.1, 0.15) is 38.8 Å². The number of hydrogen-bond acceptors (Lipinski definition) is 3. The molecule has 0 saturated carbocycles. The van der Waals surface area contributed by atoms with Crippen molar-refractivity contribution in [2.45, 2.75) is 46.2 Å². The lowest BCUT2D eigenvalue weighted by Gasteiger charge is -2.03. The first kappa shape index (κ1) is 10.2. The molecular weight excluding hydrogens is 164 g/mol. The summed E-state index contributed by atoms with van der Waals surface area (Å²) in [6.45, 7) is 7.13. The summed E-state index contributed by atoms with van der Waals surface area (Å²) in [6.07, 6.45) is 2.05. The summed E-state index contributed by atoms with van der Waals surface area (Å²) in [6, 6.07) is 0.486. The van der Waals surface area contributed by atoms with Gasteiger partial charge in [-0.1, -0.05) is 20.8 Å². The molecule has 4 nitrogen and oxygen atoms in total. The van der Waals surface area contributed by atoms with Crippen LogP contribution in [0.25, 0.3) is 0 Å². The fourth-order valence-corrected chi connectivity index (χ4v) is 1.05. The Kier molecular flexibility index (Phi) is 3.89. The monoisotopic (exact) mass is 182 g/mol. The van der Waals surface area contributed by atoms with E-state index >= 15 is 0 Å². The molecule has 0 aliphatic rings. The summed E-state index contributed by atoms with van der Waals surface area (Å²) in [5.74, 6) is 1.85. The lowest BCUT2D eigenvalue weighted by Crippen LogP contribution is -2.22. The third-order valence-corrected chi connectivity index (χ3v) is 1.73. The summed E-state index contributed by atoms with van der Waals surface area (Å²) in [7, 11) is 0. The van der Waals surface area contributed by atoms with Crippen LogP contribution in [0.5, 0.6) is 0 Å². The highest BCUT2D eigenvalue weighted by molar-refractivity contribution is 4.90. The van der Waals surface area contributed by atoms with Gasteiger partial charge in [0.1, 0.15) is 5.82 Å². The molecule has 0 aliphatic carbocycles. The molecule has 0 unspecified atom stereocenters. The number of aromatic nitrogens is 3. The van der Waals surface area contributed by atoms with Crippen molar-refractivity contribution in [3.8, 4) is 0 Å². The Hall–Kier alpha value is -0.900. The molecule has 2 N–H and O–H groups in total. The van der Waals surface area contributed by atoms with Gasteiger partial charge in [0.2, 0.25) is 0 Å². The number of rotatable bonds is 5. The second kappa shape index (κ2) is 4.97. The highest BCUT2D eigenvalue weighted by Gasteiger charge is 2.01. The Morgan fingerprint density at radius 3 is 2.85 bits per heavy atom. The summed E-state index contributed by atoms with van der Waals surface area (Å²) < 4.78 is 0. The smallest absolute Gasteiger partial charge is 0.150 e. The zero-order chi connectivity index (χ0) is 9.68. The van der Waals surface area contributed by atoms with Crippen LogP contribution in [0.4, 0.5) is 0 Å². The van der Waals surface area contributed by atoms with Gasteiger partial charge in [0.15, 0.2) is 5.82 Å². The van der Waals surface area contributed by atoms with E-state index in [0.717, 1.165) is 31.0 Å². The summed E-state index contributed by atoms with van der Waals surface area (Å²) in [5.41, 5.74) is 0. The molecule has 1 aromatic heterocycles. The van der Waals surface area contributed by atoms with Crippen molar-refractivity contribution >= 4 is 0 Å². The molecule has 0 fully saturated rings. The summed E-state index contributed by atoms with van der Waals surface area (Å²) >= 11 is 0. The number of nitrogens with zero attached hydrogens (tertiary/aromatic N) is 2. The molecule has 74 valence electrons. The number of H-pyrrole nitrogens is 1. The molecule has 0 saturated heterocycles. The zero-order valence-corrected chi connectivity index (χ0v) is 8.59. The van der Waals surface area contributed by atoms with Crippen LogP contribution in [0, 0.1) is 0 Å². The molecule has 0 spiro atoms. The first-order valence-electron chi connectivity index (χ1n) is 4.86. The van der Waals surface area contributed by atoms with E-state index in [4.69, 9.17) is 0 Å². The second-order valence-corrected chi connectivity index (χ2v) is 3.48. The van der Waals surface area contributed by atoms with Gasteiger partial charge in [0.25, 0.3) is 0 Å². The minimum Gasteiger partial charge on any atom is -0.308 e. The van der Waals surface area contributed by atoms with Crippen LogP contribution in [-0.4, -0.2) is 21.2 Å². The van der Waals surface area contributed by atoms with Gasteiger partial charge in [-0.3, -0.25) is 5.10 Å². The van der Waals surface area contributed by atoms with Gasteiger partial charge in [-0.05, 0) is 6.42 Å². The Balaban J connectivity index is 2.39. The van der Waals surface area contributed by atoms with Crippen molar-refractivity contribution in [3.63, 3.8) is 0 Å². The summed E-state index contributed by atoms with van der Waals surface area (Å²) in [4.78, 5) is 4.34.